The Morgan fingerprint density at radius 3 is 2.52 bits per heavy atom. The standard InChI is InChI=1S/C20H15N3OS/c1-14-7-10-16(11-8-14)19-22-23-18(24)13-17(21-20(23)25-19)12-9-15-5-3-2-4-6-15/h2-13H,1H3. The lowest BCUT2D eigenvalue weighted by molar-refractivity contribution is 0.901. The number of rotatable bonds is 3. The molecule has 0 aliphatic carbocycles. The molecule has 0 amide bonds. The Kier molecular flexibility index (Phi) is 3.99. The third kappa shape index (κ3) is 3.27. The zero-order valence-corrected chi connectivity index (χ0v) is 14.4. The maximum absolute atomic E-state index is 12.3. The molecular weight excluding hydrogens is 330 g/mol. The number of aryl methyl sites for hydroxylation is 1. The molecule has 2 aromatic carbocycles. The number of nitrogens with zero attached hydrogens (tertiary/aromatic N) is 3. The second-order valence-electron chi connectivity index (χ2n) is 5.73. The predicted molar refractivity (Wildman–Crippen MR) is 103 cm³/mol. The highest BCUT2D eigenvalue weighted by atomic mass is 32.1. The fourth-order valence-electron chi connectivity index (χ4n) is 2.47. The van der Waals surface area contributed by atoms with Gasteiger partial charge in [-0.1, -0.05) is 77.6 Å². The van der Waals surface area contributed by atoms with Crippen LogP contribution in [0.1, 0.15) is 16.8 Å². The van der Waals surface area contributed by atoms with Gasteiger partial charge in [0.1, 0.15) is 5.01 Å². The Morgan fingerprint density at radius 1 is 1.00 bits per heavy atom. The molecule has 4 nitrogen and oxygen atoms in total. The van der Waals surface area contributed by atoms with Gasteiger partial charge in [0.2, 0.25) is 4.96 Å². The van der Waals surface area contributed by atoms with E-state index in [9.17, 15) is 4.79 Å². The molecule has 5 heteroatoms. The van der Waals surface area contributed by atoms with Crippen molar-refractivity contribution in [1.82, 2.24) is 14.6 Å². The number of benzene rings is 2. The molecule has 0 fully saturated rings. The van der Waals surface area contributed by atoms with Crippen LogP contribution in [0.5, 0.6) is 0 Å². The summed E-state index contributed by atoms with van der Waals surface area (Å²) in [5.41, 5.74) is 3.70. The highest BCUT2D eigenvalue weighted by Gasteiger charge is 2.09. The van der Waals surface area contributed by atoms with E-state index in [4.69, 9.17) is 0 Å². The van der Waals surface area contributed by atoms with Crippen molar-refractivity contribution >= 4 is 28.4 Å². The first kappa shape index (κ1) is 15.5. The summed E-state index contributed by atoms with van der Waals surface area (Å²) in [6, 6.07) is 19.5. The van der Waals surface area contributed by atoms with Crippen molar-refractivity contribution in [2.24, 2.45) is 0 Å². The van der Waals surface area contributed by atoms with Crippen LogP contribution in [-0.4, -0.2) is 14.6 Å². The van der Waals surface area contributed by atoms with Crippen LogP contribution in [0.4, 0.5) is 0 Å². The Hall–Kier alpha value is -3.05. The summed E-state index contributed by atoms with van der Waals surface area (Å²) in [6.45, 7) is 2.04. The van der Waals surface area contributed by atoms with E-state index in [1.54, 1.807) is 0 Å². The number of hydrogen-bond donors (Lipinski definition) is 0. The van der Waals surface area contributed by atoms with Gasteiger partial charge in [0, 0.05) is 11.6 Å². The molecule has 2 heterocycles. The fourth-order valence-corrected chi connectivity index (χ4v) is 3.39. The molecule has 122 valence electrons. The summed E-state index contributed by atoms with van der Waals surface area (Å²) in [6.07, 6.45) is 3.79. The molecule has 0 N–H and O–H groups in total. The van der Waals surface area contributed by atoms with E-state index >= 15 is 0 Å². The Bertz CT molecular complexity index is 1110. The largest absolute Gasteiger partial charge is 0.275 e. The third-order valence-corrected chi connectivity index (χ3v) is 4.77. The van der Waals surface area contributed by atoms with Crippen LogP contribution in [0.3, 0.4) is 0 Å². The number of aromatic nitrogens is 3. The van der Waals surface area contributed by atoms with Crippen molar-refractivity contribution in [3.05, 3.63) is 87.8 Å². The Morgan fingerprint density at radius 2 is 1.76 bits per heavy atom. The first-order valence-corrected chi connectivity index (χ1v) is 8.72. The second-order valence-corrected chi connectivity index (χ2v) is 6.69. The summed E-state index contributed by atoms with van der Waals surface area (Å²) in [5.74, 6) is 0. The van der Waals surface area contributed by atoms with Gasteiger partial charge in [0.25, 0.3) is 5.56 Å². The van der Waals surface area contributed by atoms with E-state index in [0.717, 1.165) is 16.1 Å². The van der Waals surface area contributed by atoms with Crippen LogP contribution in [0, 0.1) is 6.92 Å². The maximum Gasteiger partial charge on any atom is 0.275 e. The molecule has 0 spiro atoms. The molecule has 0 saturated carbocycles. The molecule has 0 bridgehead atoms. The van der Waals surface area contributed by atoms with Crippen molar-refractivity contribution < 1.29 is 0 Å². The molecule has 0 aliphatic rings. The lowest BCUT2D eigenvalue weighted by Gasteiger charge is -1.95. The molecular formula is C20H15N3OS. The van der Waals surface area contributed by atoms with Crippen LogP contribution in [0.2, 0.25) is 0 Å². The second kappa shape index (κ2) is 6.45. The van der Waals surface area contributed by atoms with Crippen molar-refractivity contribution in [1.29, 1.82) is 0 Å². The van der Waals surface area contributed by atoms with Gasteiger partial charge in [0.15, 0.2) is 0 Å². The molecule has 2 aromatic heterocycles. The van der Waals surface area contributed by atoms with Gasteiger partial charge in [0.05, 0.1) is 5.69 Å². The SMILES string of the molecule is Cc1ccc(-c2nn3c(=O)cc(C=Cc4ccccc4)nc3s2)cc1. The summed E-state index contributed by atoms with van der Waals surface area (Å²) < 4.78 is 1.36. The minimum absolute atomic E-state index is 0.174. The van der Waals surface area contributed by atoms with E-state index in [-0.39, 0.29) is 5.56 Å². The normalized spacial score (nSPS) is 11.4. The minimum atomic E-state index is -0.174. The Labute approximate surface area is 148 Å². The average Bonchev–Trinajstić information content (AvgIpc) is 3.06. The molecule has 0 aliphatic heterocycles. The first-order valence-electron chi connectivity index (χ1n) is 7.90. The predicted octanol–water partition coefficient (Wildman–Crippen LogP) is 4.30. The van der Waals surface area contributed by atoms with Gasteiger partial charge in [-0.2, -0.15) is 9.61 Å². The zero-order valence-electron chi connectivity index (χ0n) is 13.6. The van der Waals surface area contributed by atoms with E-state index < -0.39 is 0 Å². The number of hydrogen-bond acceptors (Lipinski definition) is 4. The molecule has 4 rings (SSSR count). The molecule has 0 radical (unpaired) electrons. The van der Waals surface area contributed by atoms with E-state index in [0.29, 0.717) is 10.7 Å². The monoisotopic (exact) mass is 345 g/mol. The van der Waals surface area contributed by atoms with Gasteiger partial charge in [-0.25, -0.2) is 4.98 Å². The van der Waals surface area contributed by atoms with Gasteiger partial charge < -0.3 is 0 Å². The van der Waals surface area contributed by atoms with Crippen molar-refractivity contribution in [3.63, 3.8) is 0 Å². The van der Waals surface area contributed by atoms with Gasteiger partial charge in [-0.05, 0) is 18.6 Å². The van der Waals surface area contributed by atoms with E-state index in [1.807, 2.05) is 73.7 Å². The minimum Gasteiger partial charge on any atom is -0.267 e. The molecule has 0 atom stereocenters. The fraction of sp³-hybridized carbons (Fsp3) is 0.0500. The zero-order chi connectivity index (χ0) is 17.2. The maximum atomic E-state index is 12.3. The van der Waals surface area contributed by atoms with E-state index in [1.165, 1.54) is 27.5 Å². The summed E-state index contributed by atoms with van der Waals surface area (Å²) >= 11 is 1.41. The van der Waals surface area contributed by atoms with Gasteiger partial charge in [-0.15, -0.1) is 0 Å². The van der Waals surface area contributed by atoms with Crippen LogP contribution >= 0.6 is 11.3 Å². The van der Waals surface area contributed by atoms with E-state index in [2.05, 4.69) is 10.1 Å². The quantitative estimate of drug-likeness (QED) is 0.556. The molecule has 0 saturated heterocycles. The van der Waals surface area contributed by atoms with Crippen LogP contribution < -0.4 is 5.56 Å². The van der Waals surface area contributed by atoms with Crippen LogP contribution in [0.25, 0.3) is 27.7 Å². The van der Waals surface area contributed by atoms with Crippen LogP contribution in [-0.2, 0) is 0 Å². The lowest BCUT2D eigenvalue weighted by atomic mass is 10.2. The summed E-state index contributed by atoms with van der Waals surface area (Å²) in [7, 11) is 0. The molecule has 25 heavy (non-hydrogen) atoms. The van der Waals surface area contributed by atoms with Crippen molar-refractivity contribution in [2.45, 2.75) is 6.92 Å². The van der Waals surface area contributed by atoms with Crippen molar-refractivity contribution in [2.75, 3.05) is 0 Å². The summed E-state index contributed by atoms with van der Waals surface area (Å²) in [5, 5.41) is 5.19. The highest BCUT2D eigenvalue weighted by molar-refractivity contribution is 7.19. The smallest absolute Gasteiger partial charge is 0.267 e. The number of fused-ring (bicyclic) bond motifs is 1. The third-order valence-electron chi connectivity index (χ3n) is 3.81. The first-order chi connectivity index (χ1) is 12.2. The van der Waals surface area contributed by atoms with Gasteiger partial charge in [-0.3, -0.25) is 4.79 Å². The summed E-state index contributed by atoms with van der Waals surface area (Å²) in [4.78, 5) is 17.5. The lowest BCUT2D eigenvalue weighted by Crippen LogP contribution is -2.14. The topological polar surface area (TPSA) is 47.3 Å². The van der Waals surface area contributed by atoms with Gasteiger partial charge >= 0.3 is 0 Å². The highest BCUT2D eigenvalue weighted by Crippen LogP contribution is 2.24. The molecule has 4 aromatic rings. The Balaban J connectivity index is 1.73. The molecule has 0 unspecified atom stereocenters. The van der Waals surface area contributed by atoms with Crippen molar-refractivity contribution in [3.8, 4) is 10.6 Å². The van der Waals surface area contributed by atoms with Crippen LogP contribution in [0.15, 0.2) is 65.5 Å². The average molecular weight is 345 g/mol.